The normalized spacial score (nSPS) is 15.9. The molecule has 0 amide bonds. The zero-order chi connectivity index (χ0) is 21.9. The van der Waals surface area contributed by atoms with Crippen molar-refractivity contribution in [3.63, 3.8) is 0 Å². The minimum absolute atomic E-state index is 0.361. The third kappa shape index (κ3) is 2.80. The molecular weight excluding hydrogens is 397 g/mol. The first-order valence-electron chi connectivity index (χ1n) is 10.1. The lowest BCUT2D eigenvalue weighted by Gasteiger charge is -2.28. The van der Waals surface area contributed by atoms with Crippen LogP contribution in [0.5, 0.6) is 0 Å². The van der Waals surface area contributed by atoms with Gasteiger partial charge >= 0.3 is 5.69 Å². The Hall–Kier alpha value is -3.45. The zero-order valence-electron chi connectivity index (χ0n) is 17.6. The number of halogens is 1. The van der Waals surface area contributed by atoms with Crippen LogP contribution >= 0.6 is 0 Å². The standard InChI is InChI=1S/C24H22FN3O3/c1-14-7-6-8-15(13-14)19-18-20(26(2)24(30)27(3)23(18)29)21-22(31-12-11-28(19)21)16-9-4-5-10-17(16)25/h4-10,13,22H,11-12H2,1-3H3/t22-/m0/s1. The minimum Gasteiger partial charge on any atom is -0.365 e. The van der Waals surface area contributed by atoms with E-state index in [4.69, 9.17) is 4.74 Å². The summed E-state index contributed by atoms with van der Waals surface area (Å²) in [5, 5.41) is 0.442. The maximum atomic E-state index is 14.8. The van der Waals surface area contributed by atoms with Gasteiger partial charge in [-0.05, 0) is 24.6 Å². The molecule has 2 aromatic heterocycles. The van der Waals surface area contributed by atoms with E-state index in [9.17, 15) is 14.0 Å². The number of fused-ring (bicyclic) bond motifs is 3. The fourth-order valence-electron chi connectivity index (χ4n) is 4.60. The van der Waals surface area contributed by atoms with E-state index < -0.39 is 11.8 Å². The zero-order valence-corrected chi connectivity index (χ0v) is 17.6. The average Bonchev–Trinajstić information content (AvgIpc) is 3.12. The number of aromatic nitrogens is 3. The van der Waals surface area contributed by atoms with Gasteiger partial charge in [0.25, 0.3) is 5.56 Å². The number of hydrogen-bond donors (Lipinski definition) is 0. The largest absolute Gasteiger partial charge is 0.365 e. The Morgan fingerprint density at radius 2 is 1.81 bits per heavy atom. The summed E-state index contributed by atoms with van der Waals surface area (Å²) >= 11 is 0. The number of ether oxygens (including phenoxy) is 1. The van der Waals surface area contributed by atoms with E-state index in [2.05, 4.69) is 0 Å². The van der Waals surface area contributed by atoms with Gasteiger partial charge in [0.05, 0.1) is 28.9 Å². The van der Waals surface area contributed by atoms with Gasteiger partial charge in [-0.15, -0.1) is 0 Å². The molecule has 0 saturated carbocycles. The molecule has 4 aromatic rings. The van der Waals surface area contributed by atoms with Crippen molar-refractivity contribution in [3.8, 4) is 11.3 Å². The summed E-state index contributed by atoms with van der Waals surface area (Å²) in [5.74, 6) is -0.388. The molecule has 1 aliphatic rings. The summed E-state index contributed by atoms with van der Waals surface area (Å²) in [7, 11) is 3.11. The highest BCUT2D eigenvalue weighted by molar-refractivity contribution is 5.96. The summed E-state index contributed by atoms with van der Waals surface area (Å²) in [4.78, 5) is 26.1. The molecule has 1 atom stereocenters. The van der Waals surface area contributed by atoms with Crippen LogP contribution in [0.1, 0.15) is 22.9 Å². The van der Waals surface area contributed by atoms with E-state index in [0.717, 1.165) is 21.4 Å². The second kappa shape index (κ2) is 7.06. The summed E-state index contributed by atoms with van der Waals surface area (Å²) in [6, 6.07) is 14.4. The summed E-state index contributed by atoms with van der Waals surface area (Å²) in [6.45, 7) is 2.85. The molecule has 2 aromatic carbocycles. The van der Waals surface area contributed by atoms with Gasteiger partial charge in [0.1, 0.15) is 11.9 Å². The molecule has 0 radical (unpaired) electrons. The first-order chi connectivity index (χ1) is 14.9. The van der Waals surface area contributed by atoms with Crippen LogP contribution in [0.25, 0.3) is 22.2 Å². The smallest absolute Gasteiger partial charge is 0.331 e. The molecule has 0 unspecified atom stereocenters. The predicted octanol–water partition coefficient (Wildman–Crippen LogP) is 3.27. The number of aryl methyl sites for hydroxylation is 2. The summed E-state index contributed by atoms with van der Waals surface area (Å²) < 4.78 is 25.4. The third-order valence-electron chi connectivity index (χ3n) is 6.03. The van der Waals surface area contributed by atoms with Crippen molar-refractivity contribution in [2.24, 2.45) is 14.1 Å². The molecule has 1 aliphatic heterocycles. The van der Waals surface area contributed by atoms with Gasteiger partial charge in [-0.3, -0.25) is 13.9 Å². The Morgan fingerprint density at radius 3 is 2.55 bits per heavy atom. The van der Waals surface area contributed by atoms with Crippen molar-refractivity contribution >= 4 is 10.9 Å². The average molecular weight is 419 g/mol. The van der Waals surface area contributed by atoms with Crippen molar-refractivity contribution in [2.75, 3.05) is 6.61 Å². The minimum atomic E-state index is -0.728. The summed E-state index contributed by atoms with van der Waals surface area (Å²) in [6.07, 6.45) is -0.728. The Bertz CT molecular complexity index is 1460. The molecule has 0 bridgehead atoms. The molecule has 5 rings (SSSR count). The Kier molecular flexibility index (Phi) is 4.44. The molecule has 0 N–H and O–H groups in total. The first kappa shape index (κ1) is 19.5. The van der Waals surface area contributed by atoms with Crippen LogP contribution in [0.15, 0.2) is 58.1 Å². The Balaban J connectivity index is 1.98. The number of benzene rings is 2. The van der Waals surface area contributed by atoms with Crippen LogP contribution in [0.3, 0.4) is 0 Å². The highest BCUT2D eigenvalue weighted by Gasteiger charge is 2.34. The molecule has 7 heteroatoms. The lowest BCUT2D eigenvalue weighted by Crippen LogP contribution is -2.37. The SMILES string of the molecule is Cc1cccc(-c2c3c(=O)n(C)c(=O)n(C)c3c3n2CCO[C@H]3c2ccccc2F)c1. The molecule has 31 heavy (non-hydrogen) atoms. The van der Waals surface area contributed by atoms with Crippen molar-refractivity contribution in [1.29, 1.82) is 0 Å². The van der Waals surface area contributed by atoms with E-state index in [1.54, 1.807) is 25.2 Å². The molecular formula is C24H22FN3O3. The van der Waals surface area contributed by atoms with E-state index in [1.165, 1.54) is 17.7 Å². The van der Waals surface area contributed by atoms with Gasteiger partial charge < -0.3 is 9.30 Å². The van der Waals surface area contributed by atoms with Crippen molar-refractivity contribution in [2.45, 2.75) is 19.6 Å². The third-order valence-corrected chi connectivity index (χ3v) is 6.03. The fraction of sp³-hybridized carbons (Fsp3) is 0.250. The lowest BCUT2D eigenvalue weighted by molar-refractivity contribution is 0.0457. The molecule has 0 saturated heterocycles. The second-order valence-electron chi connectivity index (χ2n) is 7.96. The quantitative estimate of drug-likeness (QED) is 0.501. The number of hydrogen-bond acceptors (Lipinski definition) is 3. The van der Waals surface area contributed by atoms with Crippen LogP contribution in [0.4, 0.5) is 4.39 Å². The van der Waals surface area contributed by atoms with Gasteiger partial charge in [-0.25, -0.2) is 9.18 Å². The fourth-order valence-corrected chi connectivity index (χ4v) is 4.60. The van der Waals surface area contributed by atoms with Crippen molar-refractivity contribution in [3.05, 3.63) is 92.0 Å². The van der Waals surface area contributed by atoms with Gasteiger partial charge in [0, 0.05) is 26.2 Å². The second-order valence-corrected chi connectivity index (χ2v) is 7.96. The first-order valence-corrected chi connectivity index (χ1v) is 10.1. The lowest BCUT2D eigenvalue weighted by atomic mass is 10.0. The molecule has 3 heterocycles. The van der Waals surface area contributed by atoms with Crippen LogP contribution in [-0.2, 0) is 25.4 Å². The van der Waals surface area contributed by atoms with Gasteiger partial charge in [0.2, 0.25) is 0 Å². The number of nitrogens with zero attached hydrogens (tertiary/aromatic N) is 3. The molecule has 6 nitrogen and oxygen atoms in total. The highest BCUT2D eigenvalue weighted by Crippen LogP contribution is 2.41. The van der Waals surface area contributed by atoms with E-state index in [1.807, 2.05) is 35.8 Å². The van der Waals surface area contributed by atoms with E-state index in [0.29, 0.717) is 35.3 Å². The maximum Gasteiger partial charge on any atom is 0.331 e. The van der Waals surface area contributed by atoms with Gasteiger partial charge in [-0.2, -0.15) is 0 Å². The topological polar surface area (TPSA) is 58.2 Å². The molecule has 0 aliphatic carbocycles. The van der Waals surface area contributed by atoms with E-state index in [-0.39, 0.29) is 11.4 Å². The van der Waals surface area contributed by atoms with Crippen molar-refractivity contribution in [1.82, 2.24) is 13.7 Å². The Morgan fingerprint density at radius 1 is 1.03 bits per heavy atom. The van der Waals surface area contributed by atoms with Gasteiger partial charge in [0.15, 0.2) is 0 Å². The number of rotatable bonds is 2. The van der Waals surface area contributed by atoms with Crippen LogP contribution in [0, 0.1) is 12.7 Å². The predicted molar refractivity (Wildman–Crippen MR) is 117 cm³/mol. The molecule has 158 valence electrons. The monoisotopic (exact) mass is 419 g/mol. The van der Waals surface area contributed by atoms with E-state index >= 15 is 0 Å². The summed E-state index contributed by atoms with van der Waals surface area (Å²) in [5.41, 5.74) is 3.35. The van der Waals surface area contributed by atoms with Crippen LogP contribution in [0.2, 0.25) is 0 Å². The molecule has 0 fully saturated rings. The Labute approximate surface area is 177 Å². The van der Waals surface area contributed by atoms with Crippen LogP contribution in [-0.4, -0.2) is 20.3 Å². The highest BCUT2D eigenvalue weighted by atomic mass is 19.1. The molecule has 0 spiro atoms. The van der Waals surface area contributed by atoms with Crippen molar-refractivity contribution < 1.29 is 9.13 Å². The van der Waals surface area contributed by atoms with Crippen LogP contribution < -0.4 is 11.2 Å². The maximum absolute atomic E-state index is 14.8. The van der Waals surface area contributed by atoms with Gasteiger partial charge in [-0.1, -0.05) is 42.0 Å².